The van der Waals surface area contributed by atoms with Crippen LogP contribution in [0.15, 0.2) is 0 Å². The number of hydrogen-bond acceptors (Lipinski definition) is 2. The van der Waals surface area contributed by atoms with E-state index in [4.69, 9.17) is 6.89 Å². The molecule has 0 aromatic heterocycles. The molecule has 0 atom stereocenters. The van der Waals surface area contributed by atoms with Gasteiger partial charge in [0.25, 0.3) is 0 Å². The molecule has 0 aliphatic carbocycles. The Morgan fingerprint density at radius 3 is 1.50 bits per heavy atom. The van der Waals surface area contributed by atoms with E-state index in [1.54, 1.807) is 0 Å². The zero-order chi connectivity index (χ0) is 3.58. The summed E-state index contributed by atoms with van der Waals surface area (Å²) in [5, 5.41) is 0. The average molecular weight is 167 g/mol. The van der Waals surface area contributed by atoms with Crippen molar-refractivity contribution in [2.24, 2.45) is 0 Å². The van der Waals surface area contributed by atoms with Crippen LogP contribution in [0.2, 0.25) is 0 Å². The van der Waals surface area contributed by atoms with Crippen LogP contribution in [0.3, 0.4) is 0 Å². The van der Waals surface area contributed by atoms with E-state index in [9.17, 15) is 0 Å². The third-order valence-corrected chi connectivity index (χ3v) is 0. The molecule has 2 N–H and O–H groups in total. The normalized spacial score (nSPS) is 6.50. The molecule has 0 aliphatic heterocycles. The van der Waals surface area contributed by atoms with E-state index < -0.39 is 20.1 Å². The van der Waals surface area contributed by atoms with Gasteiger partial charge in [0.2, 0.25) is 0 Å². The standard InChI is InChI=1S/CH2.2H2O.Sn/h3*1H2;/q;;;+2/p-2. The zero-order valence-corrected chi connectivity index (χ0v) is 4.96. The Balaban J connectivity index is 2.80. The number of hydrogen-bond donors (Lipinski definition) is 2. The van der Waals surface area contributed by atoms with Gasteiger partial charge in [0.05, 0.1) is 0 Å². The molecule has 0 rings (SSSR count). The zero-order valence-electron chi connectivity index (χ0n) is 2.10. The minimum absolute atomic E-state index is 2.79. The fraction of sp³-hybridized carbons (Fsp3) is 0. The predicted octanol–water partition coefficient (Wildman–Crippen LogP) is -1.53. The van der Waals surface area contributed by atoms with Crippen molar-refractivity contribution in [2.75, 3.05) is 0 Å². The van der Waals surface area contributed by atoms with E-state index in [0.717, 1.165) is 0 Å². The van der Waals surface area contributed by atoms with Crippen molar-refractivity contribution in [2.45, 2.75) is 0 Å². The second-order valence-corrected chi connectivity index (χ2v) is 2.79. The fourth-order valence-corrected chi connectivity index (χ4v) is 0. The third-order valence-electron chi connectivity index (χ3n) is 0. The van der Waals surface area contributed by atoms with E-state index in [2.05, 4.69) is 4.52 Å². The van der Waals surface area contributed by atoms with Gasteiger partial charge in [-0.2, -0.15) is 0 Å². The van der Waals surface area contributed by atoms with Gasteiger partial charge in [0.1, 0.15) is 0 Å². The Kier molecular flexibility index (Phi) is 2.14. The van der Waals surface area contributed by atoms with Gasteiger partial charge < -0.3 is 0 Å². The molecule has 0 heterocycles. The minimum atomic E-state index is -2.79. The van der Waals surface area contributed by atoms with Crippen LogP contribution in [0.4, 0.5) is 0 Å². The van der Waals surface area contributed by atoms with Crippen molar-refractivity contribution in [1.82, 2.24) is 0 Å². The van der Waals surface area contributed by atoms with Crippen molar-refractivity contribution in [3.05, 3.63) is 0 Å². The van der Waals surface area contributed by atoms with Gasteiger partial charge in [-0.3, -0.25) is 0 Å². The Bertz CT molecular complexity index is 29.0. The molecule has 0 aliphatic rings. The molecule has 0 spiro atoms. The summed E-state index contributed by atoms with van der Waals surface area (Å²) in [4.78, 5) is 0. The van der Waals surface area contributed by atoms with Gasteiger partial charge in [0.15, 0.2) is 0 Å². The summed E-state index contributed by atoms with van der Waals surface area (Å²) in [6.07, 6.45) is 0. The molecule has 0 radical (unpaired) electrons. The fourth-order valence-electron chi connectivity index (χ4n) is 0. The summed E-state index contributed by atoms with van der Waals surface area (Å²) >= 11 is -2.79. The first kappa shape index (κ1) is 4.59. The molecule has 0 unspecified atom stereocenters. The first-order valence-electron chi connectivity index (χ1n) is 0.801. The van der Waals surface area contributed by atoms with Gasteiger partial charge in [-0.05, 0) is 0 Å². The summed E-state index contributed by atoms with van der Waals surface area (Å²) in [7, 11) is 0. The third kappa shape index (κ3) is 18.9. The molecule has 0 fully saturated rings. The van der Waals surface area contributed by atoms with Crippen LogP contribution in [-0.4, -0.2) is 31.5 Å². The van der Waals surface area contributed by atoms with Crippen LogP contribution in [0.1, 0.15) is 0 Å². The van der Waals surface area contributed by atoms with E-state index in [-0.39, 0.29) is 0 Å². The second-order valence-electron chi connectivity index (χ2n) is 0.416. The molecular formula is CH4O2Sn. The Morgan fingerprint density at radius 1 is 1.50 bits per heavy atom. The maximum absolute atomic E-state index is 7.70. The molecular weight excluding hydrogens is 163 g/mol. The summed E-state index contributed by atoms with van der Waals surface area (Å²) in [6.45, 7) is 0. The molecule has 4 heavy (non-hydrogen) atoms. The second kappa shape index (κ2) is 1.87. The van der Waals surface area contributed by atoms with Crippen LogP contribution in [0, 0.1) is 0 Å². The van der Waals surface area contributed by atoms with Gasteiger partial charge in [-0.15, -0.1) is 0 Å². The van der Waals surface area contributed by atoms with Crippen LogP contribution in [0.25, 0.3) is 0 Å². The summed E-state index contributed by atoms with van der Waals surface area (Å²) in [5.41, 5.74) is 0. The molecule has 0 saturated carbocycles. The van der Waals surface area contributed by atoms with Crippen molar-refractivity contribution in [3.8, 4) is 0 Å². The summed E-state index contributed by atoms with van der Waals surface area (Å²) in [6, 6.07) is 0. The average Bonchev–Trinajstić information content (AvgIpc) is 0.811. The van der Waals surface area contributed by atoms with Gasteiger partial charge >= 0.3 is 31.5 Å². The van der Waals surface area contributed by atoms with Crippen molar-refractivity contribution in [1.29, 1.82) is 0 Å². The summed E-state index contributed by atoms with van der Waals surface area (Å²) in [5.74, 6) is 0. The van der Waals surface area contributed by atoms with E-state index in [0.29, 0.717) is 0 Å². The van der Waals surface area contributed by atoms with Crippen LogP contribution in [0.5, 0.6) is 0 Å². The molecule has 0 saturated heterocycles. The van der Waals surface area contributed by atoms with E-state index in [1.165, 1.54) is 0 Å². The maximum atomic E-state index is 7.70. The molecule has 2 nitrogen and oxygen atoms in total. The van der Waals surface area contributed by atoms with Gasteiger partial charge in [-0.25, -0.2) is 0 Å². The van der Waals surface area contributed by atoms with Crippen molar-refractivity contribution >= 4 is 24.6 Å². The predicted molar refractivity (Wildman–Crippen MR) is 17.3 cm³/mol. The molecule has 0 aromatic carbocycles. The summed E-state index contributed by atoms with van der Waals surface area (Å²) < 4.78 is 18.3. The molecule has 0 aromatic rings. The Morgan fingerprint density at radius 2 is 1.50 bits per heavy atom. The van der Waals surface area contributed by atoms with Crippen molar-refractivity contribution in [3.63, 3.8) is 0 Å². The Labute approximate surface area is 32.0 Å². The van der Waals surface area contributed by atoms with Crippen molar-refractivity contribution < 1.29 is 6.89 Å². The number of rotatable bonds is 0. The topological polar surface area (TPSA) is 40.5 Å². The first-order chi connectivity index (χ1) is 1.73. The van der Waals surface area contributed by atoms with E-state index >= 15 is 0 Å². The first-order valence-corrected chi connectivity index (χ1v) is 5.37. The van der Waals surface area contributed by atoms with Gasteiger partial charge in [-0.1, -0.05) is 0 Å². The Hall–Kier alpha value is 0.589. The molecule has 0 bridgehead atoms. The van der Waals surface area contributed by atoms with Crippen LogP contribution in [-0.2, 0) is 0 Å². The van der Waals surface area contributed by atoms with Crippen LogP contribution < -0.4 is 0 Å². The molecule has 24 valence electrons. The van der Waals surface area contributed by atoms with Crippen LogP contribution >= 0.6 is 0 Å². The quantitative estimate of drug-likeness (QED) is 0.429. The van der Waals surface area contributed by atoms with E-state index in [1.807, 2.05) is 0 Å². The molecule has 0 amide bonds. The SMILES string of the molecule is [CH2]=[Sn]([OH])[OH]. The molecule has 3 heteroatoms. The van der Waals surface area contributed by atoms with Gasteiger partial charge in [0, 0.05) is 0 Å². The monoisotopic (exact) mass is 168 g/mol.